The van der Waals surface area contributed by atoms with Crippen molar-refractivity contribution < 1.29 is 19.1 Å². The molecule has 0 saturated heterocycles. The number of thioether (sulfide) groups is 1. The molecule has 196 valence electrons. The zero-order valence-electron chi connectivity index (χ0n) is 22.0. The Balaban J connectivity index is 1.75. The van der Waals surface area contributed by atoms with Gasteiger partial charge in [-0.3, -0.25) is 9.59 Å². The summed E-state index contributed by atoms with van der Waals surface area (Å²) in [6.45, 7) is 2.70. The molecule has 2 atom stereocenters. The molecule has 0 aliphatic rings. The second-order valence-corrected chi connectivity index (χ2v) is 9.88. The van der Waals surface area contributed by atoms with E-state index >= 15 is 0 Å². The van der Waals surface area contributed by atoms with Crippen LogP contribution in [-0.2, 0) is 31.9 Å². The Morgan fingerprint density at radius 1 is 0.649 bits per heavy atom. The summed E-state index contributed by atoms with van der Waals surface area (Å²) in [6.07, 6.45) is 9.94. The molecule has 0 aliphatic carbocycles. The SMILES string of the molecule is CC(=O)OC(C#CCCCCCc1ccccc1)SC(C#CCCCCCc1ccccc1)OC(C)=O. The van der Waals surface area contributed by atoms with Gasteiger partial charge in [-0.05, 0) is 73.3 Å². The van der Waals surface area contributed by atoms with E-state index in [2.05, 4.69) is 72.2 Å². The van der Waals surface area contributed by atoms with Crippen molar-refractivity contribution in [2.75, 3.05) is 0 Å². The number of carbonyl (C=O) groups is 2. The molecule has 0 aliphatic heterocycles. The van der Waals surface area contributed by atoms with Crippen molar-refractivity contribution in [3.8, 4) is 23.7 Å². The summed E-state index contributed by atoms with van der Waals surface area (Å²) in [4.78, 5) is 23.2. The number of hydrogen-bond acceptors (Lipinski definition) is 5. The number of unbranched alkanes of at least 4 members (excludes halogenated alkanes) is 6. The number of ether oxygens (including phenoxy) is 2. The van der Waals surface area contributed by atoms with Crippen LogP contribution < -0.4 is 0 Å². The van der Waals surface area contributed by atoms with E-state index in [1.54, 1.807) is 0 Å². The lowest BCUT2D eigenvalue weighted by atomic mass is 10.1. The van der Waals surface area contributed by atoms with Crippen molar-refractivity contribution in [1.29, 1.82) is 0 Å². The quantitative estimate of drug-likeness (QED) is 0.115. The molecule has 2 aromatic rings. The van der Waals surface area contributed by atoms with Crippen molar-refractivity contribution in [2.45, 2.75) is 88.9 Å². The van der Waals surface area contributed by atoms with Crippen LogP contribution in [0.4, 0.5) is 0 Å². The smallest absolute Gasteiger partial charge is 0.304 e. The van der Waals surface area contributed by atoms with E-state index in [1.807, 2.05) is 12.1 Å². The Morgan fingerprint density at radius 3 is 1.43 bits per heavy atom. The Labute approximate surface area is 226 Å². The van der Waals surface area contributed by atoms with Crippen molar-refractivity contribution in [3.05, 3.63) is 71.8 Å². The van der Waals surface area contributed by atoms with Crippen LogP contribution in [0.5, 0.6) is 0 Å². The van der Waals surface area contributed by atoms with Gasteiger partial charge in [0.2, 0.25) is 10.9 Å². The molecule has 2 rings (SSSR count). The average molecular weight is 519 g/mol. The van der Waals surface area contributed by atoms with Gasteiger partial charge in [-0.25, -0.2) is 0 Å². The Hall–Kier alpha value is -3.15. The minimum Gasteiger partial charge on any atom is -0.439 e. The number of esters is 2. The van der Waals surface area contributed by atoms with Gasteiger partial charge in [-0.1, -0.05) is 85.3 Å². The molecule has 0 aromatic heterocycles. The highest BCUT2D eigenvalue weighted by molar-refractivity contribution is 8.00. The zero-order valence-corrected chi connectivity index (χ0v) is 22.9. The first kappa shape index (κ1) is 30.1. The third-order valence-electron chi connectivity index (χ3n) is 5.45. The van der Waals surface area contributed by atoms with E-state index in [-0.39, 0.29) is 0 Å². The predicted molar refractivity (Wildman–Crippen MR) is 151 cm³/mol. The summed E-state index contributed by atoms with van der Waals surface area (Å²) < 4.78 is 10.7. The van der Waals surface area contributed by atoms with E-state index in [4.69, 9.17) is 9.47 Å². The highest BCUT2D eigenvalue weighted by Crippen LogP contribution is 2.20. The van der Waals surface area contributed by atoms with Gasteiger partial charge in [0.1, 0.15) is 0 Å². The van der Waals surface area contributed by atoms with Gasteiger partial charge < -0.3 is 9.47 Å². The monoisotopic (exact) mass is 518 g/mol. The lowest BCUT2D eigenvalue weighted by Crippen LogP contribution is -2.18. The second-order valence-electron chi connectivity index (χ2n) is 8.75. The van der Waals surface area contributed by atoms with Crippen LogP contribution in [0.3, 0.4) is 0 Å². The molecule has 0 fully saturated rings. The highest BCUT2D eigenvalue weighted by atomic mass is 32.2. The van der Waals surface area contributed by atoms with E-state index in [0.29, 0.717) is 0 Å². The maximum Gasteiger partial charge on any atom is 0.304 e. The summed E-state index contributed by atoms with van der Waals surface area (Å²) in [6, 6.07) is 20.9. The topological polar surface area (TPSA) is 52.6 Å². The lowest BCUT2D eigenvalue weighted by molar-refractivity contribution is -0.140. The first-order valence-corrected chi connectivity index (χ1v) is 14.0. The van der Waals surface area contributed by atoms with Gasteiger partial charge in [0.05, 0.1) is 0 Å². The van der Waals surface area contributed by atoms with Crippen LogP contribution >= 0.6 is 11.8 Å². The minimum absolute atomic E-state index is 0.428. The molecule has 0 heterocycles. The average Bonchev–Trinajstić information content (AvgIpc) is 2.88. The van der Waals surface area contributed by atoms with E-state index < -0.39 is 22.8 Å². The Bertz CT molecular complexity index is 959. The summed E-state index contributed by atoms with van der Waals surface area (Å²) in [5, 5.41) is 0. The number of carbonyl (C=O) groups excluding carboxylic acids is 2. The van der Waals surface area contributed by atoms with E-state index in [0.717, 1.165) is 76.0 Å². The van der Waals surface area contributed by atoms with Crippen molar-refractivity contribution >= 4 is 23.7 Å². The first-order valence-electron chi connectivity index (χ1n) is 13.1. The maximum absolute atomic E-state index is 11.6. The normalized spacial score (nSPS) is 11.7. The largest absolute Gasteiger partial charge is 0.439 e. The molecule has 2 unspecified atom stereocenters. The van der Waals surface area contributed by atoms with Gasteiger partial charge in [0.25, 0.3) is 0 Å². The van der Waals surface area contributed by atoms with Gasteiger partial charge in [0.15, 0.2) is 0 Å². The van der Waals surface area contributed by atoms with Crippen LogP contribution in [0.1, 0.15) is 76.3 Å². The van der Waals surface area contributed by atoms with Gasteiger partial charge in [-0.15, -0.1) is 0 Å². The Morgan fingerprint density at radius 2 is 1.05 bits per heavy atom. The van der Waals surface area contributed by atoms with E-state index in [9.17, 15) is 9.59 Å². The second kappa shape index (κ2) is 19.0. The number of hydrogen-bond donors (Lipinski definition) is 0. The third kappa shape index (κ3) is 15.5. The molecule has 0 radical (unpaired) electrons. The fourth-order valence-corrected chi connectivity index (χ4v) is 4.54. The minimum atomic E-state index is -0.730. The fraction of sp³-hybridized carbons (Fsp3) is 0.438. The summed E-state index contributed by atoms with van der Waals surface area (Å²) in [7, 11) is 0. The van der Waals surface area contributed by atoms with Gasteiger partial charge in [-0.2, -0.15) is 0 Å². The lowest BCUT2D eigenvalue weighted by Gasteiger charge is -2.15. The summed E-state index contributed by atoms with van der Waals surface area (Å²) >= 11 is 1.14. The van der Waals surface area contributed by atoms with Crippen LogP contribution in [-0.4, -0.2) is 22.8 Å². The molecule has 0 bridgehead atoms. The number of benzene rings is 2. The zero-order chi connectivity index (χ0) is 26.6. The van der Waals surface area contributed by atoms with Gasteiger partial charge in [0, 0.05) is 26.7 Å². The standard InChI is InChI=1S/C32H38O4S/c1-27(33)35-31(25-17-7-3-5-11-19-29-21-13-9-14-22-29)37-32(36-28(2)34)26-18-8-4-6-12-20-30-23-15-10-16-24-30/h9-10,13-16,21-24,31-32H,3-8,11-12,19-20H2,1-2H3. The van der Waals surface area contributed by atoms with Crippen LogP contribution in [0.25, 0.3) is 0 Å². The fourth-order valence-electron chi connectivity index (χ4n) is 3.64. The van der Waals surface area contributed by atoms with Crippen LogP contribution in [0, 0.1) is 23.7 Å². The maximum atomic E-state index is 11.6. The molecule has 0 spiro atoms. The van der Waals surface area contributed by atoms with E-state index in [1.165, 1.54) is 25.0 Å². The molecular weight excluding hydrogens is 480 g/mol. The number of rotatable bonds is 14. The molecule has 5 heteroatoms. The molecule has 4 nitrogen and oxygen atoms in total. The molecular formula is C32H38O4S. The summed E-state index contributed by atoms with van der Waals surface area (Å²) in [5.74, 6) is 11.4. The molecule has 0 N–H and O–H groups in total. The molecule has 2 aromatic carbocycles. The van der Waals surface area contributed by atoms with Crippen LogP contribution in [0.15, 0.2) is 60.7 Å². The third-order valence-corrected chi connectivity index (χ3v) is 6.38. The predicted octanol–water partition coefficient (Wildman–Crippen LogP) is 7.11. The van der Waals surface area contributed by atoms with Crippen molar-refractivity contribution in [2.24, 2.45) is 0 Å². The number of aryl methyl sites for hydroxylation is 2. The Kier molecular flexibility index (Phi) is 15.5. The molecule has 37 heavy (non-hydrogen) atoms. The highest BCUT2D eigenvalue weighted by Gasteiger charge is 2.18. The summed E-state index contributed by atoms with van der Waals surface area (Å²) in [5.41, 5.74) is 1.24. The van der Waals surface area contributed by atoms with Gasteiger partial charge >= 0.3 is 11.9 Å². The molecule has 0 saturated carbocycles. The first-order chi connectivity index (χ1) is 18.0. The van der Waals surface area contributed by atoms with Crippen molar-refractivity contribution in [1.82, 2.24) is 0 Å². The van der Waals surface area contributed by atoms with Crippen LogP contribution in [0.2, 0.25) is 0 Å². The molecule has 0 amide bonds. The van der Waals surface area contributed by atoms with Crippen molar-refractivity contribution in [3.63, 3.8) is 0 Å².